The SMILES string of the molecule is C=CS(=O)(=O)c1ccc(Oc2c(C)cc(C)cc2C)c(-c2cc(CC)c(=O)n(C)c2)c1. The van der Waals surface area contributed by atoms with Crippen LogP contribution in [-0.4, -0.2) is 13.0 Å². The predicted octanol–water partition coefficient (Wildman–Crippen LogP) is 5.25. The van der Waals surface area contributed by atoms with Gasteiger partial charge in [0.2, 0.25) is 0 Å². The largest absolute Gasteiger partial charge is 0.456 e. The minimum Gasteiger partial charge on any atom is -0.456 e. The van der Waals surface area contributed by atoms with Crippen LogP contribution >= 0.6 is 0 Å². The first-order valence-corrected chi connectivity index (χ1v) is 11.6. The molecule has 0 radical (unpaired) electrons. The summed E-state index contributed by atoms with van der Waals surface area (Å²) in [6, 6.07) is 10.6. The topological polar surface area (TPSA) is 65.4 Å². The summed E-state index contributed by atoms with van der Waals surface area (Å²) >= 11 is 0. The van der Waals surface area contributed by atoms with Crippen molar-refractivity contribution in [1.29, 1.82) is 0 Å². The third-order valence-electron chi connectivity index (χ3n) is 5.27. The molecule has 0 N–H and O–H groups in total. The van der Waals surface area contributed by atoms with Crippen LogP contribution in [0.5, 0.6) is 11.5 Å². The number of hydrogen-bond acceptors (Lipinski definition) is 4. The molecule has 0 saturated heterocycles. The van der Waals surface area contributed by atoms with E-state index in [0.29, 0.717) is 28.9 Å². The first-order valence-electron chi connectivity index (χ1n) is 10.0. The van der Waals surface area contributed by atoms with E-state index in [0.717, 1.165) is 27.8 Å². The lowest BCUT2D eigenvalue weighted by Gasteiger charge is -2.17. The Labute approximate surface area is 183 Å². The van der Waals surface area contributed by atoms with E-state index in [1.54, 1.807) is 31.4 Å². The van der Waals surface area contributed by atoms with Gasteiger partial charge >= 0.3 is 0 Å². The van der Waals surface area contributed by atoms with Crippen LogP contribution in [-0.2, 0) is 23.3 Å². The minimum atomic E-state index is -3.63. The molecule has 0 fully saturated rings. The smallest absolute Gasteiger partial charge is 0.253 e. The van der Waals surface area contributed by atoms with Gasteiger partial charge in [-0.05, 0) is 62.6 Å². The molecule has 2 aromatic carbocycles. The van der Waals surface area contributed by atoms with Gasteiger partial charge in [-0.3, -0.25) is 4.79 Å². The van der Waals surface area contributed by atoms with Gasteiger partial charge < -0.3 is 9.30 Å². The number of rotatable bonds is 6. The first kappa shape index (κ1) is 22.6. The Morgan fingerprint density at radius 1 is 1.06 bits per heavy atom. The van der Waals surface area contributed by atoms with E-state index in [9.17, 15) is 13.2 Å². The zero-order valence-electron chi connectivity index (χ0n) is 18.5. The van der Waals surface area contributed by atoms with Gasteiger partial charge in [-0.1, -0.05) is 31.2 Å². The molecule has 1 aromatic heterocycles. The maximum absolute atomic E-state index is 12.4. The molecule has 0 spiro atoms. The van der Waals surface area contributed by atoms with Gasteiger partial charge in [0.05, 0.1) is 4.90 Å². The lowest BCUT2D eigenvalue weighted by molar-refractivity contribution is 0.476. The third kappa shape index (κ3) is 4.49. The molecule has 0 unspecified atom stereocenters. The van der Waals surface area contributed by atoms with Crippen LogP contribution in [0.25, 0.3) is 11.1 Å². The van der Waals surface area contributed by atoms with E-state index < -0.39 is 9.84 Å². The molecule has 5 nitrogen and oxygen atoms in total. The maximum Gasteiger partial charge on any atom is 0.253 e. The van der Waals surface area contributed by atoms with Crippen molar-refractivity contribution in [1.82, 2.24) is 4.57 Å². The number of nitrogens with zero attached hydrogens (tertiary/aromatic N) is 1. The molecule has 0 aliphatic heterocycles. The van der Waals surface area contributed by atoms with Crippen molar-refractivity contribution >= 4 is 9.84 Å². The summed E-state index contributed by atoms with van der Waals surface area (Å²) in [5.41, 5.74) is 4.98. The zero-order valence-corrected chi connectivity index (χ0v) is 19.3. The average molecular weight is 438 g/mol. The van der Waals surface area contributed by atoms with E-state index in [1.807, 2.05) is 39.8 Å². The summed E-state index contributed by atoms with van der Waals surface area (Å²) in [5, 5.41) is 0.930. The monoisotopic (exact) mass is 437 g/mol. The number of hydrogen-bond donors (Lipinski definition) is 0. The van der Waals surface area contributed by atoms with Crippen LogP contribution in [0.2, 0.25) is 0 Å². The Bertz CT molecular complexity index is 1310. The highest BCUT2D eigenvalue weighted by atomic mass is 32.2. The molecule has 0 amide bonds. The van der Waals surface area contributed by atoms with Crippen LogP contribution < -0.4 is 10.3 Å². The van der Waals surface area contributed by atoms with Gasteiger partial charge in [-0.15, -0.1) is 0 Å². The highest BCUT2D eigenvalue weighted by molar-refractivity contribution is 7.94. The molecule has 3 aromatic rings. The molecular formula is C25H27NO4S. The second-order valence-corrected chi connectivity index (χ2v) is 9.62. The lowest BCUT2D eigenvalue weighted by atomic mass is 10.0. The Morgan fingerprint density at radius 3 is 2.29 bits per heavy atom. The van der Waals surface area contributed by atoms with Crippen molar-refractivity contribution in [3.63, 3.8) is 0 Å². The van der Waals surface area contributed by atoms with Crippen molar-refractivity contribution in [3.8, 4) is 22.6 Å². The van der Waals surface area contributed by atoms with Crippen molar-refractivity contribution < 1.29 is 13.2 Å². The van der Waals surface area contributed by atoms with Gasteiger partial charge in [-0.2, -0.15) is 0 Å². The van der Waals surface area contributed by atoms with Gasteiger partial charge in [-0.25, -0.2) is 8.42 Å². The van der Waals surface area contributed by atoms with Crippen LogP contribution in [0.1, 0.15) is 29.2 Å². The van der Waals surface area contributed by atoms with Crippen molar-refractivity contribution in [2.24, 2.45) is 7.05 Å². The van der Waals surface area contributed by atoms with Crippen molar-refractivity contribution in [2.75, 3.05) is 0 Å². The lowest BCUT2D eigenvalue weighted by Crippen LogP contribution is -2.20. The Hall–Kier alpha value is -3.12. The van der Waals surface area contributed by atoms with Crippen LogP contribution in [0.4, 0.5) is 0 Å². The predicted molar refractivity (Wildman–Crippen MR) is 125 cm³/mol. The minimum absolute atomic E-state index is 0.0752. The Morgan fingerprint density at radius 2 is 1.71 bits per heavy atom. The second-order valence-electron chi connectivity index (χ2n) is 7.72. The molecule has 1 heterocycles. The van der Waals surface area contributed by atoms with E-state index in [4.69, 9.17) is 4.74 Å². The fraction of sp³-hybridized carbons (Fsp3) is 0.240. The van der Waals surface area contributed by atoms with E-state index in [1.165, 1.54) is 10.6 Å². The number of ether oxygens (including phenoxy) is 1. The highest BCUT2D eigenvalue weighted by Gasteiger charge is 2.18. The number of aryl methyl sites for hydroxylation is 5. The number of benzene rings is 2. The normalized spacial score (nSPS) is 11.4. The summed E-state index contributed by atoms with van der Waals surface area (Å²) in [6.07, 6.45) is 2.26. The molecule has 0 aliphatic rings. The van der Waals surface area contributed by atoms with Gasteiger partial charge in [0, 0.05) is 35.3 Å². The van der Waals surface area contributed by atoms with Gasteiger partial charge in [0.25, 0.3) is 5.56 Å². The standard InChI is InChI=1S/C25H27NO4S/c1-7-19-13-20(15-26(6)25(19)27)22-14-21(31(28,29)8-2)9-10-23(22)30-24-17(4)11-16(3)12-18(24)5/h8-15H,2,7H2,1,3-6H3. The zero-order chi connectivity index (χ0) is 22.9. The molecule has 0 atom stereocenters. The number of pyridine rings is 1. The molecule has 0 bridgehead atoms. The summed E-state index contributed by atoms with van der Waals surface area (Å²) in [7, 11) is -1.95. The quantitative estimate of drug-likeness (QED) is 0.528. The van der Waals surface area contributed by atoms with E-state index in [-0.39, 0.29) is 10.5 Å². The second kappa shape index (κ2) is 8.55. The Balaban J connectivity index is 2.27. The van der Waals surface area contributed by atoms with E-state index in [2.05, 4.69) is 6.58 Å². The molecule has 162 valence electrons. The summed E-state index contributed by atoms with van der Waals surface area (Å²) in [4.78, 5) is 12.5. The Kier molecular flexibility index (Phi) is 6.23. The van der Waals surface area contributed by atoms with Crippen LogP contribution in [0.15, 0.2) is 64.3 Å². The number of aromatic nitrogens is 1. The van der Waals surface area contributed by atoms with E-state index >= 15 is 0 Å². The fourth-order valence-corrected chi connectivity index (χ4v) is 4.45. The molecular weight excluding hydrogens is 410 g/mol. The fourth-order valence-electron chi connectivity index (χ4n) is 3.72. The van der Waals surface area contributed by atoms with Gasteiger partial charge in [0.15, 0.2) is 9.84 Å². The number of sulfone groups is 1. The molecule has 0 aliphatic carbocycles. The third-order valence-corrected chi connectivity index (χ3v) is 6.61. The van der Waals surface area contributed by atoms with Crippen molar-refractivity contribution in [3.05, 3.63) is 87.2 Å². The van der Waals surface area contributed by atoms with Crippen LogP contribution in [0.3, 0.4) is 0 Å². The van der Waals surface area contributed by atoms with Crippen molar-refractivity contribution in [2.45, 2.75) is 39.0 Å². The first-order chi connectivity index (χ1) is 14.6. The highest BCUT2D eigenvalue weighted by Crippen LogP contribution is 2.38. The average Bonchev–Trinajstić information content (AvgIpc) is 2.72. The summed E-state index contributed by atoms with van der Waals surface area (Å²) in [5.74, 6) is 1.24. The molecule has 6 heteroatoms. The summed E-state index contributed by atoms with van der Waals surface area (Å²) < 4.78 is 32.7. The maximum atomic E-state index is 12.4. The van der Waals surface area contributed by atoms with Crippen LogP contribution in [0, 0.1) is 20.8 Å². The molecule has 0 saturated carbocycles. The molecule has 31 heavy (non-hydrogen) atoms. The molecule has 3 rings (SSSR count). The summed E-state index contributed by atoms with van der Waals surface area (Å²) in [6.45, 7) is 11.3. The van der Waals surface area contributed by atoms with Gasteiger partial charge in [0.1, 0.15) is 11.5 Å².